The number of benzene rings is 1. The first kappa shape index (κ1) is 18.4. The Morgan fingerprint density at radius 1 is 1.19 bits per heavy atom. The van der Waals surface area contributed by atoms with Crippen LogP contribution in [0, 0.1) is 6.92 Å². The number of amides is 1. The molecule has 1 aromatic heterocycles. The molecule has 1 N–H and O–H groups in total. The van der Waals surface area contributed by atoms with E-state index in [9.17, 15) is 4.79 Å². The topological polar surface area (TPSA) is 53.8 Å². The minimum atomic E-state index is -0.285. The second-order valence-electron chi connectivity index (χ2n) is 7.10. The average molecular weight is 398 g/mol. The molecule has 2 aromatic rings. The molecule has 1 spiro atoms. The molecule has 0 unspecified atom stereocenters. The smallest absolute Gasteiger partial charge is 0.234 e. The minimum Gasteiger partial charge on any atom is -0.325 e. The molecular formula is C21H23N3OS2. The SMILES string of the molecule is Cc1cccc(NC(=O)CSC2=NC3(CCCCC3)N=C2c2cccs2)c1. The van der Waals surface area contributed by atoms with Crippen LogP contribution in [0.15, 0.2) is 51.8 Å². The maximum atomic E-state index is 12.4. The average Bonchev–Trinajstić information content (AvgIpc) is 3.29. The summed E-state index contributed by atoms with van der Waals surface area (Å²) in [7, 11) is 0. The number of anilines is 1. The first-order chi connectivity index (χ1) is 13.1. The summed E-state index contributed by atoms with van der Waals surface area (Å²) in [6.45, 7) is 2.02. The van der Waals surface area contributed by atoms with Crippen LogP contribution >= 0.6 is 23.1 Å². The van der Waals surface area contributed by atoms with E-state index in [4.69, 9.17) is 9.98 Å². The van der Waals surface area contributed by atoms with Crippen molar-refractivity contribution in [1.29, 1.82) is 0 Å². The summed E-state index contributed by atoms with van der Waals surface area (Å²) in [4.78, 5) is 23.6. The maximum Gasteiger partial charge on any atom is 0.234 e. The van der Waals surface area contributed by atoms with E-state index in [1.54, 1.807) is 11.3 Å². The van der Waals surface area contributed by atoms with Crippen molar-refractivity contribution in [3.8, 4) is 0 Å². The number of hydrogen-bond donors (Lipinski definition) is 1. The van der Waals surface area contributed by atoms with Gasteiger partial charge in [-0.15, -0.1) is 11.3 Å². The van der Waals surface area contributed by atoms with Crippen molar-refractivity contribution in [3.63, 3.8) is 0 Å². The molecular weight excluding hydrogens is 374 g/mol. The number of carbonyl (C=O) groups is 1. The zero-order valence-corrected chi connectivity index (χ0v) is 17.0. The molecule has 140 valence electrons. The molecule has 1 aliphatic heterocycles. The van der Waals surface area contributed by atoms with Gasteiger partial charge in [0.2, 0.25) is 5.91 Å². The number of carbonyl (C=O) groups excluding carboxylic acids is 1. The lowest BCUT2D eigenvalue weighted by Gasteiger charge is -2.27. The molecule has 0 radical (unpaired) electrons. The molecule has 2 aliphatic rings. The van der Waals surface area contributed by atoms with Crippen molar-refractivity contribution in [3.05, 3.63) is 52.2 Å². The van der Waals surface area contributed by atoms with Crippen molar-refractivity contribution >= 4 is 45.4 Å². The van der Waals surface area contributed by atoms with Gasteiger partial charge in [0, 0.05) is 5.69 Å². The van der Waals surface area contributed by atoms with Crippen molar-refractivity contribution in [2.45, 2.75) is 44.7 Å². The van der Waals surface area contributed by atoms with Crippen molar-refractivity contribution in [2.24, 2.45) is 9.98 Å². The number of rotatable bonds is 4. The first-order valence-electron chi connectivity index (χ1n) is 9.37. The van der Waals surface area contributed by atoms with Crippen LogP contribution in [-0.2, 0) is 4.79 Å². The van der Waals surface area contributed by atoms with Gasteiger partial charge in [-0.25, -0.2) is 4.99 Å². The highest BCUT2D eigenvalue weighted by Crippen LogP contribution is 2.39. The lowest BCUT2D eigenvalue weighted by Crippen LogP contribution is -2.25. The van der Waals surface area contributed by atoms with Crippen LogP contribution in [0.25, 0.3) is 0 Å². The molecule has 0 bridgehead atoms. The summed E-state index contributed by atoms with van der Waals surface area (Å²) in [6.07, 6.45) is 5.65. The quantitative estimate of drug-likeness (QED) is 0.762. The fraction of sp³-hybridized carbons (Fsp3) is 0.381. The Morgan fingerprint density at radius 2 is 2.04 bits per heavy atom. The highest BCUT2D eigenvalue weighted by atomic mass is 32.2. The number of thiophene rings is 1. The summed E-state index contributed by atoms with van der Waals surface area (Å²) in [5.74, 6) is 0.330. The number of aliphatic imine (C=N–C) groups is 2. The van der Waals surface area contributed by atoms with Gasteiger partial charge in [0.05, 0.1) is 10.6 Å². The second kappa shape index (κ2) is 7.98. The van der Waals surface area contributed by atoms with Crippen molar-refractivity contribution in [1.82, 2.24) is 0 Å². The maximum absolute atomic E-state index is 12.4. The van der Waals surface area contributed by atoms with Crippen LogP contribution in [0.5, 0.6) is 0 Å². The molecule has 1 amide bonds. The third-order valence-electron chi connectivity index (χ3n) is 4.88. The zero-order chi connectivity index (χ0) is 18.7. The molecule has 1 aromatic carbocycles. The van der Waals surface area contributed by atoms with Crippen LogP contribution in [0.4, 0.5) is 5.69 Å². The van der Waals surface area contributed by atoms with Gasteiger partial charge in [0.1, 0.15) is 10.8 Å². The minimum absolute atomic E-state index is 0.0107. The van der Waals surface area contributed by atoms with Crippen LogP contribution in [0.3, 0.4) is 0 Å². The van der Waals surface area contributed by atoms with Gasteiger partial charge in [-0.2, -0.15) is 0 Å². The highest BCUT2D eigenvalue weighted by molar-refractivity contribution is 8.16. The second-order valence-corrected chi connectivity index (χ2v) is 9.02. The Bertz CT molecular complexity index is 881. The van der Waals surface area contributed by atoms with Crippen LogP contribution in [-0.4, -0.2) is 28.1 Å². The third-order valence-corrected chi connectivity index (χ3v) is 6.72. The number of thioether (sulfide) groups is 1. The standard InChI is InChI=1S/C21H23N3OS2/c1-15-7-5-8-16(13-15)22-18(25)14-27-20-19(17-9-6-12-26-17)23-21(24-20)10-3-2-4-11-21/h5-9,12-13H,2-4,10-11,14H2,1H3,(H,22,25). The van der Waals surface area contributed by atoms with Gasteiger partial charge < -0.3 is 5.32 Å². The molecule has 4 rings (SSSR count). The molecule has 6 heteroatoms. The first-order valence-corrected chi connectivity index (χ1v) is 11.2. The molecule has 2 heterocycles. The molecule has 0 atom stereocenters. The van der Waals surface area contributed by atoms with Crippen molar-refractivity contribution < 1.29 is 4.79 Å². The van der Waals surface area contributed by atoms with E-state index in [0.29, 0.717) is 5.75 Å². The van der Waals surface area contributed by atoms with E-state index in [1.807, 2.05) is 37.3 Å². The predicted molar refractivity (Wildman–Crippen MR) is 116 cm³/mol. The largest absolute Gasteiger partial charge is 0.325 e. The van der Waals surface area contributed by atoms with E-state index in [1.165, 1.54) is 31.0 Å². The lowest BCUT2D eigenvalue weighted by atomic mass is 9.90. The zero-order valence-electron chi connectivity index (χ0n) is 15.4. The van der Waals surface area contributed by atoms with Gasteiger partial charge in [-0.05, 0) is 61.7 Å². The van der Waals surface area contributed by atoms with Gasteiger partial charge in [-0.1, -0.05) is 36.4 Å². The van der Waals surface area contributed by atoms with Crippen LogP contribution < -0.4 is 5.32 Å². The Kier molecular flexibility index (Phi) is 5.45. The van der Waals surface area contributed by atoms with Gasteiger partial charge in [0.25, 0.3) is 0 Å². The number of nitrogens with one attached hydrogen (secondary N) is 1. The fourth-order valence-corrected chi connectivity index (χ4v) is 5.24. The predicted octanol–water partition coefficient (Wildman–Crippen LogP) is 5.29. The fourth-order valence-electron chi connectivity index (χ4n) is 3.59. The monoisotopic (exact) mass is 397 g/mol. The summed E-state index contributed by atoms with van der Waals surface area (Å²) >= 11 is 3.19. The molecule has 1 aliphatic carbocycles. The summed E-state index contributed by atoms with van der Waals surface area (Å²) in [6, 6.07) is 12.0. The van der Waals surface area contributed by atoms with E-state index in [2.05, 4.69) is 16.8 Å². The van der Waals surface area contributed by atoms with Crippen LogP contribution in [0.2, 0.25) is 0 Å². The van der Waals surface area contributed by atoms with Gasteiger partial charge >= 0.3 is 0 Å². The van der Waals surface area contributed by atoms with E-state index in [-0.39, 0.29) is 11.6 Å². The van der Waals surface area contributed by atoms with E-state index >= 15 is 0 Å². The molecule has 27 heavy (non-hydrogen) atoms. The summed E-state index contributed by atoms with van der Waals surface area (Å²) in [5.41, 5.74) is 2.66. The highest BCUT2D eigenvalue weighted by Gasteiger charge is 2.38. The van der Waals surface area contributed by atoms with Crippen LogP contribution in [0.1, 0.15) is 42.5 Å². The van der Waals surface area contributed by atoms with Gasteiger partial charge in [-0.3, -0.25) is 9.79 Å². The Morgan fingerprint density at radius 3 is 2.78 bits per heavy atom. The lowest BCUT2D eigenvalue weighted by molar-refractivity contribution is -0.113. The molecule has 1 saturated carbocycles. The third kappa shape index (κ3) is 4.33. The van der Waals surface area contributed by atoms with E-state index < -0.39 is 0 Å². The number of hydrogen-bond acceptors (Lipinski definition) is 5. The summed E-state index contributed by atoms with van der Waals surface area (Å²) in [5, 5.41) is 5.96. The molecule has 4 nitrogen and oxygen atoms in total. The molecule has 1 fully saturated rings. The Balaban J connectivity index is 1.47. The van der Waals surface area contributed by atoms with E-state index in [0.717, 1.165) is 39.7 Å². The molecule has 0 saturated heterocycles. The Labute approximate surface area is 168 Å². The number of aryl methyl sites for hydroxylation is 1. The Hall–Kier alpha value is -1.92. The van der Waals surface area contributed by atoms with Crippen molar-refractivity contribution in [2.75, 3.05) is 11.1 Å². The number of nitrogens with zero attached hydrogens (tertiary/aromatic N) is 2. The normalized spacial score (nSPS) is 18.3. The van der Waals surface area contributed by atoms with Gasteiger partial charge in [0.15, 0.2) is 5.66 Å². The summed E-state index contributed by atoms with van der Waals surface area (Å²) < 4.78 is 0.